The van der Waals surface area contributed by atoms with Gasteiger partial charge in [-0.05, 0) is 37.3 Å². The van der Waals surface area contributed by atoms with E-state index >= 15 is 0 Å². The molecule has 28 heavy (non-hydrogen) atoms. The van der Waals surface area contributed by atoms with Crippen LogP contribution in [0.4, 0.5) is 4.39 Å². The average molecular weight is 408 g/mol. The molecule has 6 nitrogen and oxygen atoms in total. The Balaban J connectivity index is 1.47. The second kappa shape index (κ2) is 9.00. The second-order valence-electron chi connectivity index (χ2n) is 6.94. The van der Waals surface area contributed by atoms with Crippen LogP contribution in [0.1, 0.15) is 5.56 Å². The number of benzene rings is 2. The van der Waals surface area contributed by atoms with E-state index in [9.17, 15) is 17.9 Å². The van der Waals surface area contributed by atoms with Gasteiger partial charge in [0, 0.05) is 32.7 Å². The van der Waals surface area contributed by atoms with Crippen molar-refractivity contribution in [1.29, 1.82) is 0 Å². The fourth-order valence-electron chi connectivity index (χ4n) is 3.11. The maximum atomic E-state index is 13.4. The molecule has 0 amide bonds. The monoisotopic (exact) mass is 408 g/mol. The molecule has 0 radical (unpaired) electrons. The number of sulfonamides is 1. The number of aryl methyl sites for hydroxylation is 1. The smallest absolute Gasteiger partial charge is 0.243 e. The minimum Gasteiger partial charge on any atom is -0.491 e. The number of piperazine rings is 1. The van der Waals surface area contributed by atoms with Gasteiger partial charge in [0.05, 0.1) is 4.90 Å². The molecule has 1 atom stereocenters. The Morgan fingerprint density at radius 3 is 2.43 bits per heavy atom. The molecule has 152 valence electrons. The Morgan fingerprint density at radius 1 is 1.11 bits per heavy atom. The van der Waals surface area contributed by atoms with Crippen LogP contribution in [0.25, 0.3) is 0 Å². The Bertz CT molecular complexity index is 881. The highest BCUT2D eigenvalue weighted by atomic mass is 32.2. The Labute approximate surface area is 165 Å². The molecule has 1 aliphatic rings. The van der Waals surface area contributed by atoms with E-state index in [0.717, 1.165) is 11.6 Å². The number of hydrogen-bond donors (Lipinski definition) is 1. The van der Waals surface area contributed by atoms with Crippen LogP contribution in [0.5, 0.6) is 5.75 Å². The molecular formula is C20H25FN2O4S. The van der Waals surface area contributed by atoms with Crippen LogP contribution in [0.2, 0.25) is 0 Å². The second-order valence-corrected chi connectivity index (χ2v) is 8.88. The van der Waals surface area contributed by atoms with E-state index in [0.29, 0.717) is 38.5 Å². The number of ether oxygens (including phenoxy) is 1. The zero-order valence-corrected chi connectivity index (χ0v) is 16.6. The Hall–Kier alpha value is -2.00. The fraction of sp³-hybridized carbons (Fsp3) is 0.400. The van der Waals surface area contributed by atoms with E-state index in [1.54, 1.807) is 0 Å². The van der Waals surface area contributed by atoms with Gasteiger partial charge in [0.25, 0.3) is 0 Å². The number of β-amino-alcohol motifs (C(OH)–C–C–N with tert-alkyl or cyclic N) is 1. The van der Waals surface area contributed by atoms with Crippen LogP contribution in [-0.2, 0) is 10.0 Å². The zero-order chi connectivity index (χ0) is 20.1. The van der Waals surface area contributed by atoms with Gasteiger partial charge in [0.15, 0.2) is 0 Å². The highest BCUT2D eigenvalue weighted by Gasteiger charge is 2.29. The topological polar surface area (TPSA) is 70.1 Å². The van der Waals surface area contributed by atoms with Gasteiger partial charge in [-0.2, -0.15) is 4.31 Å². The molecule has 2 aromatic carbocycles. The third-order valence-corrected chi connectivity index (χ3v) is 6.59. The summed E-state index contributed by atoms with van der Waals surface area (Å²) < 4.78 is 45.5. The number of halogens is 1. The van der Waals surface area contributed by atoms with Crippen molar-refractivity contribution >= 4 is 10.0 Å². The van der Waals surface area contributed by atoms with Crippen molar-refractivity contribution in [3.63, 3.8) is 0 Å². The van der Waals surface area contributed by atoms with Crippen molar-refractivity contribution < 1.29 is 22.7 Å². The van der Waals surface area contributed by atoms with E-state index in [1.165, 1.54) is 22.5 Å². The first-order valence-corrected chi connectivity index (χ1v) is 10.6. The van der Waals surface area contributed by atoms with Gasteiger partial charge in [-0.3, -0.25) is 4.90 Å². The van der Waals surface area contributed by atoms with Gasteiger partial charge < -0.3 is 9.84 Å². The summed E-state index contributed by atoms with van der Waals surface area (Å²) in [4.78, 5) is 1.97. The van der Waals surface area contributed by atoms with Crippen molar-refractivity contribution in [1.82, 2.24) is 9.21 Å². The molecule has 0 saturated carbocycles. The summed E-state index contributed by atoms with van der Waals surface area (Å²) in [6, 6.07) is 12.7. The van der Waals surface area contributed by atoms with Crippen LogP contribution in [-0.4, -0.2) is 68.2 Å². The molecule has 8 heteroatoms. The maximum Gasteiger partial charge on any atom is 0.243 e. The summed E-state index contributed by atoms with van der Waals surface area (Å²) in [6.45, 7) is 4.15. The molecule has 0 bridgehead atoms. The minimum atomic E-state index is -3.71. The number of aliphatic hydroxyl groups is 1. The predicted molar refractivity (Wildman–Crippen MR) is 104 cm³/mol. The lowest BCUT2D eigenvalue weighted by Crippen LogP contribution is -2.50. The molecule has 2 aromatic rings. The molecule has 0 aliphatic carbocycles. The Kier molecular flexibility index (Phi) is 6.66. The quantitative estimate of drug-likeness (QED) is 0.758. The van der Waals surface area contributed by atoms with Crippen molar-refractivity contribution in [2.75, 3.05) is 39.3 Å². The van der Waals surface area contributed by atoms with E-state index in [-0.39, 0.29) is 11.5 Å². The molecule has 1 saturated heterocycles. The number of hydrogen-bond acceptors (Lipinski definition) is 5. The van der Waals surface area contributed by atoms with Crippen molar-refractivity contribution in [3.05, 3.63) is 59.9 Å². The fourth-order valence-corrected chi connectivity index (χ4v) is 4.56. The lowest BCUT2D eigenvalue weighted by atomic mass is 10.2. The van der Waals surface area contributed by atoms with Crippen molar-refractivity contribution in [3.8, 4) is 5.75 Å². The molecule has 3 rings (SSSR count). The SMILES string of the molecule is Cc1ccc(OCC(O)CN2CCN(S(=O)(=O)c3cccc(F)c3)CC2)cc1. The third kappa shape index (κ3) is 5.29. The molecule has 1 heterocycles. The van der Waals surface area contributed by atoms with Gasteiger partial charge in [0.1, 0.15) is 24.3 Å². The van der Waals surface area contributed by atoms with Crippen LogP contribution < -0.4 is 4.74 Å². The largest absolute Gasteiger partial charge is 0.491 e. The summed E-state index contributed by atoms with van der Waals surface area (Å²) in [5.41, 5.74) is 1.14. The predicted octanol–water partition coefficient (Wildman–Crippen LogP) is 1.88. The summed E-state index contributed by atoms with van der Waals surface area (Å²) in [6.07, 6.45) is -0.673. The summed E-state index contributed by atoms with van der Waals surface area (Å²) in [5, 5.41) is 10.2. The molecule has 1 aliphatic heterocycles. The first kappa shape index (κ1) is 20.7. The van der Waals surface area contributed by atoms with E-state index in [1.807, 2.05) is 36.1 Å². The van der Waals surface area contributed by atoms with Gasteiger partial charge >= 0.3 is 0 Å². The maximum absolute atomic E-state index is 13.4. The highest BCUT2D eigenvalue weighted by molar-refractivity contribution is 7.89. The molecule has 1 fully saturated rings. The normalized spacial score (nSPS) is 17.4. The number of nitrogens with zero attached hydrogens (tertiary/aromatic N) is 2. The lowest BCUT2D eigenvalue weighted by molar-refractivity contribution is 0.0569. The van der Waals surface area contributed by atoms with Crippen LogP contribution in [0.15, 0.2) is 53.4 Å². The summed E-state index contributed by atoms with van der Waals surface area (Å²) >= 11 is 0. The molecule has 0 spiro atoms. The zero-order valence-electron chi connectivity index (χ0n) is 15.8. The third-order valence-electron chi connectivity index (χ3n) is 4.70. The van der Waals surface area contributed by atoms with Gasteiger partial charge in [0.2, 0.25) is 10.0 Å². The first-order chi connectivity index (χ1) is 13.3. The highest BCUT2D eigenvalue weighted by Crippen LogP contribution is 2.18. The van der Waals surface area contributed by atoms with Crippen LogP contribution in [0.3, 0.4) is 0 Å². The van der Waals surface area contributed by atoms with E-state index < -0.39 is 21.9 Å². The Morgan fingerprint density at radius 2 is 1.79 bits per heavy atom. The van der Waals surface area contributed by atoms with Crippen LogP contribution in [0, 0.1) is 12.7 Å². The van der Waals surface area contributed by atoms with Gasteiger partial charge in [-0.1, -0.05) is 23.8 Å². The van der Waals surface area contributed by atoms with Crippen molar-refractivity contribution in [2.24, 2.45) is 0 Å². The lowest BCUT2D eigenvalue weighted by Gasteiger charge is -2.34. The van der Waals surface area contributed by atoms with E-state index in [2.05, 4.69) is 0 Å². The van der Waals surface area contributed by atoms with Crippen LogP contribution >= 0.6 is 0 Å². The van der Waals surface area contributed by atoms with Crippen molar-refractivity contribution in [2.45, 2.75) is 17.9 Å². The number of aliphatic hydroxyl groups excluding tert-OH is 1. The summed E-state index contributed by atoms with van der Waals surface area (Å²) in [7, 11) is -3.71. The number of rotatable bonds is 7. The standard InChI is InChI=1S/C20H25FN2O4S/c1-16-5-7-19(8-6-16)27-15-18(24)14-22-9-11-23(12-10-22)28(25,26)20-4-2-3-17(21)13-20/h2-8,13,18,24H,9-12,14-15H2,1H3. The molecule has 1 N–H and O–H groups in total. The van der Waals surface area contributed by atoms with Gasteiger partial charge in [-0.15, -0.1) is 0 Å². The molecule has 1 unspecified atom stereocenters. The average Bonchev–Trinajstić information content (AvgIpc) is 2.68. The first-order valence-electron chi connectivity index (χ1n) is 9.20. The summed E-state index contributed by atoms with van der Waals surface area (Å²) in [5.74, 6) is 0.132. The molecule has 0 aromatic heterocycles. The molecular weight excluding hydrogens is 383 g/mol. The van der Waals surface area contributed by atoms with Gasteiger partial charge in [-0.25, -0.2) is 12.8 Å². The van der Waals surface area contributed by atoms with E-state index in [4.69, 9.17) is 4.74 Å². The minimum absolute atomic E-state index is 0.0347.